The van der Waals surface area contributed by atoms with Crippen molar-refractivity contribution in [1.29, 1.82) is 0 Å². The van der Waals surface area contributed by atoms with Gasteiger partial charge in [0.05, 0.1) is 12.1 Å². The van der Waals surface area contributed by atoms with Crippen LogP contribution in [0.1, 0.15) is 19.3 Å². The predicted molar refractivity (Wildman–Crippen MR) is 74.0 cm³/mol. The molecule has 0 spiro atoms. The van der Waals surface area contributed by atoms with Crippen LogP contribution >= 0.6 is 0 Å². The van der Waals surface area contributed by atoms with Gasteiger partial charge in [0.25, 0.3) is 0 Å². The standard InChI is InChI=1S/C15H20N2O2/c18-13-7-4-9-16(11-13)14-8-10-17(15(14)19)12-5-2-1-3-6-12/h1-3,5-6,13-14,18H,4,7-11H2. The van der Waals surface area contributed by atoms with E-state index in [9.17, 15) is 9.90 Å². The highest BCUT2D eigenvalue weighted by Gasteiger charge is 2.37. The number of carbonyl (C=O) groups is 1. The zero-order chi connectivity index (χ0) is 13.2. The van der Waals surface area contributed by atoms with Crippen LogP contribution in [0, 0.1) is 0 Å². The minimum absolute atomic E-state index is 0.0462. The molecule has 0 saturated carbocycles. The van der Waals surface area contributed by atoms with E-state index < -0.39 is 0 Å². The van der Waals surface area contributed by atoms with E-state index in [1.165, 1.54) is 0 Å². The Labute approximate surface area is 113 Å². The molecule has 3 rings (SSSR count). The second-order valence-corrected chi connectivity index (χ2v) is 5.42. The van der Waals surface area contributed by atoms with Gasteiger partial charge < -0.3 is 10.0 Å². The maximum absolute atomic E-state index is 12.5. The Morgan fingerprint density at radius 3 is 2.63 bits per heavy atom. The molecule has 4 nitrogen and oxygen atoms in total. The first kappa shape index (κ1) is 12.6. The van der Waals surface area contributed by atoms with Crippen molar-refractivity contribution in [2.75, 3.05) is 24.5 Å². The lowest BCUT2D eigenvalue weighted by Gasteiger charge is -2.33. The molecule has 0 aliphatic carbocycles. The number of rotatable bonds is 2. The van der Waals surface area contributed by atoms with E-state index in [1.54, 1.807) is 0 Å². The summed E-state index contributed by atoms with van der Waals surface area (Å²) in [4.78, 5) is 16.5. The van der Waals surface area contributed by atoms with Gasteiger partial charge in [-0.2, -0.15) is 0 Å². The molecule has 1 aromatic carbocycles. The monoisotopic (exact) mass is 260 g/mol. The molecule has 4 heteroatoms. The van der Waals surface area contributed by atoms with Gasteiger partial charge in [0.2, 0.25) is 5.91 Å². The van der Waals surface area contributed by atoms with E-state index in [0.29, 0.717) is 6.54 Å². The topological polar surface area (TPSA) is 43.8 Å². The third-order valence-electron chi connectivity index (χ3n) is 4.11. The van der Waals surface area contributed by atoms with Gasteiger partial charge in [-0.1, -0.05) is 18.2 Å². The summed E-state index contributed by atoms with van der Waals surface area (Å²) in [5, 5.41) is 9.74. The molecule has 2 atom stereocenters. The van der Waals surface area contributed by atoms with Crippen LogP contribution in [0.25, 0.3) is 0 Å². The fraction of sp³-hybridized carbons (Fsp3) is 0.533. The molecule has 2 heterocycles. The normalized spacial score (nSPS) is 28.9. The largest absolute Gasteiger partial charge is 0.392 e. The quantitative estimate of drug-likeness (QED) is 0.870. The fourth-order valence-electron chi connectivity index (χ4n) is 3.13. The zero-order valence-corrected chi connectivity index (χ0v) is 11.0. The van der Waals surface area contributed by atoms with E-state index in [4.69, 9.17) is 0 Å². The minimum Gasteiger partial charge on any atom is -0.392 e. The molecule has 2 aliphatic heterocycles. The van der Waals surface area contributed by atoms with Crippen molar-refractivity contribution >= 4 is 11.6 Å². The summed E-state index contributed by atoms with van der Waals surface area (Å²) in [5.41, 5.74) is 0.979. The highest BCUT2D eigenvalue weighted by atomic mass is 16.3. The second-order valence-electron chi connectivity index (χ2n) is 5.42. The van der Waals surface area contributed by atoms with Crippen molar-refractivity contribution in [3.63, 3.8) is 0 Å². The van der Waals surface area contributed by atoms with Crippen LogP contribution in [0.5, 0.6) is 0 Å². The molecule has 19 heavy (non-hydrogen) atoms. The first-order valence-electron chi connectivity index (χ1n) is 7.04. The van der Waals surface area contributed by atoms with Crippen LogP contribution in [0.15, 0.2) is 30.3 Å². The van der Waals surface area contributed by atoms with Crippen molar-refractivity contribution in [1.82, 2.24) is 4.90 Å². The molecule has 1 aromatic rings. The first-order valence-corrected chi connectivity index (χ1v) is 7.04. The fourth-order valence-corrected chi connectivity index (χ4v) is 3.13. The van der Waals surface area contributed by atoms with Crippen LogP contribution in [-0.4, -0.2) is 47.7 Å². The zero-order valence-electron chi connectivity index (χ0n) is 11.0. The van der Waals surface area contributed by atoms with Gasteiger partial charge in [-0.3, -0.25) is 9.69 Å². The third kappa shape index (κ3) is 2.51. The number of piperidine rings is 1. The molecule has 2 unspecified atom stereocenters. The summed E-state index contributed by atoms with van der Waals surface area (Å²) >= 11 is 0. The molecule has 2 aliphatic rings. The van der Waals surface area contributed by atoms with Crippen molar-refractivity contribution in [3.8, 4) is 0 Å². The van der Waals surface area contributed by atoms with Crippen LogP contribution in [0.2, 0.25) is 0 Å². The number of hydrogen-bond acceptors (Lipinski definition) is 3. The molecular formula is C15H20N2O2. The molecule has 1 amide bonds. The molecule has 0 radical (unpaired) electrons. The number of amides is 1. The number of β-amino-alcohol motifs (C(OH)–C–C–N with tert-alkyl or cyclic N) is 1. The van der Waals surface area contributed by atoms with E-state index in [-0.39, 0.29) is 18.1 Å². The summed E-state index contributed by atoms with van der Waals surface area (Å²) in [6, 6.07) is 9.79. The Hall–Kier alpha value is -1.39. The van der Waals surface area contributed by atoms with Gasteiger partial charge in [-0.15, -0.1) is 0 Å². The maximum atomic E-state index is 12.5. The van der Waals surface area contributed by atoms with Gasteiger partial charge in [0, 0.05) is 18.8 Å². The Morgan fingerprint density at radius 2 is 1.89 bits per heavy atom. The highest BCUT2D eigenvalue weighted by Crippen LogP contribution is 2.26. The number of anilines is 1. The smallest absolute Gasteiger partial charge is 0.244 e. The van der Waals surface area contributed by atoms with Gasteiger partial charge >= 0.3 is 0 Å². The van der Waals surface area contributed by atoms with Crippen LogP contribution in [0.3, 0.4) is 0 Å². The number of aliphatic hydroxyl groups is 1. The summed E-state index contributed by atoms with van der Waals surface area (Å²) in [6.45, 7) is 2.34. The average Bonchev–Trinajstić information content (AvgIpc) is 2.81. The SMILES string of the molecule is O=C1C(N2CCCC(O)C2)CCN1c1ccccc1. The number of para-hydroxylation sites is 1. The molecular weight excluding hydrogens is 240 g/mol. The van der Waals surface area contributed by atoms with Crippen molar-refractivity contribution in [3.05, 3.63) is 30.3 Å². The summed E-state index contributed by atoms with van der Waals surface area (Å²) in [5.74, 6) is 0.181. The predicted octanol–water partition coefficient (Wildman–Crippen LogP) is 1.25. The van der Waals surface area contributed by atoms with E-state index >= 15 is 0 Å². The average molecular weight is 260 g/mol. The van der Waals surface area contributed by atoms with Crippen LogP contribution in [-0.2, 0) is 4.79 Å². The van der Waals surface area contributed by atoms with Gasteiger partial charge in [0.15, 0.2) is 0 Å². The van der Waals surface area contributed by atoms with Gasteiger partial charge in [-0.05, 0) is 37.9 Å². The Bertz CT molecular complexity index is 449. The number of likely N-dealkylation sites (tertiary alicyclic amines) is 1. The molecule has 1 N–H and O–H groups in total. The Morgan fingerprint density at radius 1 is 1.11 bits per heavy atom. The van der Waals surface area contributed by atoms with Crippen LogP contribution in [0.4, 0.5) is 5.69 Å². The number of benzene rings is 1. The number of aliphatic hydroxyl groups excluding tert-OH is 1. The number of hydrogen-bond donors (Lipinski definition) is 1. The number of nitrogens with zero attached hydrogens (tertiary/aromatic N) is 2. The van der Waals surface area contributed by atoms with Crippen molar-refractivity contribution in [2.24, 2.45) is 0 Å². The van der Waals surface area contributed by atoms with Gasteiger partial charge in [-0.25, -0.2) is 0 Å². The minimum atomic E-state index is -0.271. The van der Waals surface area contributed by atoms with E-state index in [0.717, 1.165) is 38.0 Å². The molecule has 0 bridgehead atoms. The lowest BCUT2D eigenvalue weighted by Crippen LogP contribution is -2.48. The van der Waals surface area contributed by atoms with Crippen LogP contribution < -0.4 is 4.90 Å². The third-order valence-corrected chi connectivity index (χ3v) is 4.11. The summed E-state index contributed by atoms with van der Waals surface area (Å²) < 4.78 is 0. The van der Waals surface area contributed by atoms with Crippen molar-refractivity contribution < 1.29 is 9.90 Å². The first-order chi connectivity index (χ1) is 9.25. The summed E-state index contributed by atoms with van der Waals surface area (Å²) in [7, 11) is 0. The van der Waals surface area contributed by atoms with Crippen molar-refractivity contribution in [2.45, 2.75) is 31.4 Å². The van der Waals surface area contributed by atoms with E-state index in [2.05, 4.69) is 4.90 Å². The summed E-state index contributed by atoms with van der Waals surface area (Å²) in [6.07, 6.45) is 2.43. The number of carbonyl (C=O) groups excluding carboxylic acids is 1. The van der Waals surface area contributed by atoms with Gasteiger partial charge in [0.1, 0.15) is 0 Å². The lowest BCUT2D eigenvalue weighted by atomic mass is 10.1. The Kier molecular flexibility index (Phi) is 3.53. The molecule has 2 saturated heterocycles. The molecule has 2 fully saturated rings. The highest BCUT2D eigenvalue weighted by molar-refractivity contribution is 5.99. The Balaban J connectivity index is 1.72. The maximum Gasteiger partial charge on any atom is 0.244 e. The van der Waals surface area contributed by atoms with E-state index in [1.807, 2.05) is 35.2 Å². The molecule has 102 valence electrons. The second kappa shape index (κ2) is 5.31. The molecule has 0 aromatic heterocycles. The lowest BCUT2D eigenvalue weighted by molar-refractivity contribution is -0.122.